The van der Waals surface area contributed by atoms with Gasteiger partial charge in [-0.05, 0) is 46.6 Å². The molecule has 0 aliphatic carbocycles. The second-order valence-electron chi connectivity index (χ2n) is 3.45. The average Bonchev–Trinajstić information content (AvgIpc) is 2.06. The lowest BCUT2D eigenvalue weighted by Gasteiger charge is -2.31. The molecule has 0 aromatic rings. The highest BCUT2D eigenvalue weighted by atomic mass is 15.2. The minimum Gasteiger partial charge on any atom is -0.298 e. The van der Waals surface area contributed by atoms with Crippen molar-refractivity contribution < 1.29 is 4.11 Å². The highest BCUT2D eigenvalue weighted by molar-refractivity contribution is 4.79. The fourth-order valence-electron chi connectivity index (χ4n) is 0.953. The van der Waals surface area contributed by atoms with Crippen LogP contribution < -0.4 is 0 Å². The quantitative estimate of drug-likeness (QED) is 0.484. The molecule has 1 atom stereocenters. The van der Waals surface area contributed by atoms with E-state index in [2.05, 4.69) is 0 Å². The molecule has 1 saturated heterocycles. The maximum absolute atomic E-state index is 7.70. The minimum atomic E-state index is -1.33. The van der Waals surface area contributed by atoms with Gasteiger partial charge in [-0.3, -0.25) is 4.90 Å². The first kappa shape index (κ1) is 3.97. The van der Waals surface area contributed by atoms with E-state index in [-0.39, 0.29) is 5.54 Å². The summed E-state index contributed by atoms with van der Waals surface area (Å²) in [6, 6.07) is 0. The molecule has 0 aromatic carbocycles. The van der Waals surface area contributed by atoms with Gasteiger partial charge in [0, 0.05) is 9.65 Å². The molecule has 0 bridgehead atoms. The SMILES string of the molecule is [2H]C1N(C(C)(C)C)CCC1([2H])[2H]. The summed E-state index contributed by atoms with van der Waals surface area (Å²) < 4.78 is 22.8. The number of likely N-dealkylation sites (tertiary alicyclic amines) is 1. The van der Waals surface area contributed by atoms with Crippen molar-refractivity contribution in [3.8, 4) is 0 Å². The predicted octanol–water partition coefficient (Wildman–Crippen LogP) is 1.88. The lowest BCUT2D eigenvalue weighted by atomic mass is 10.1. The summed E-state index contributed by atoms with van der Waals surface area (Å²) >= 11 is 0. The average molecular weight is 130 g/mol. The molecule has 1 nitrogen and oxygen atoms in total. The van der Waals surface area contributed by atoms with Gasteiger partial charge in [-0.2, -0.15) is 0 Å². The molecule has 1 heteroatoms. The molecule has 0 saturated carbocycles. The monoisotopic (exact) mass is 130 g/mol. The Labute approximate surface area is 62.3 Å². The summed E-state index contributed by atoms with van der Waals surface area (Å²) in [5, 5.41) is 0. The van der Waals surface area contributed by atoms with Gasteiger partial charge < -0.3 is 0 Å². The summed E-state index contributed by atoms with van der Waals surface area (Å²) in [6.45, 7) is 6.07. The number of hydrogen-bond donors (Lipinski definition) is 0. The molecular formula is C8H17N. The van der Waals surface area contributed by atoms with Crippen molar-refractivity contribution in [1.82, 2.24) is 4.90 Å². The fourth-order valence-corrected chi connectivity index (χ4v) is 0.953. The zero-order valence-electron chi connectivity index (χ0n) is 9.44. The number of rotatable bonds is 0. The smallest absolute Gasteiger partial charge is 0.0431 e. The van der Waals surface area contributed by atoms with Crippen LogP contribution in [0.15, 0.2) is 0 Å². The number of hydrogen-bond acceptors (Lipinski definition) is 1. The molecule has 0 amide bonds. The summed E-state index contributed by atoms with van der Waals surface area (Å²) in [4.78, 5) is 1.91. The van der Waals surface area contributed by atoms with Gasteiger partial charge in [0.1, 0.15) is 0 Å². The molecule has 0 aromatic heterocycles. The van der Waals surface area contributed by atoms with Gasteiger partial charge in [0.05, 0.1) is 0 Å². The van der Waals surface area contributed by atoms with Crippen LogP contribution in [0.4, 0.5) is 0 Å². The molecule has 1 unspecified atom stereocenters. The Morgan fingerprint density at radius 3 is 2.33 bits per heavy atom. The van der Waals surface area contributed by atoms with Crippen LogP contribution in [-0.4, -0.2) is 23.5 Å². The fraction of sp³-hybridized carbons (Fsp3) is 1.00. The van der Waals surface area contributed by atoms with Gasteiger partial charge in [0.15, 0.2) is 0 Å². The molecule has 1 heterocycles. The van der Waals surface area contributed by atoms with Crippen molar-refractivity contribution in [2.75, 3.05) is 13.1 Å². The maximum Gasteiger partial charge on any atom is 0.0431 e. The van der Waals surface area contributed by atoms with Crippen LogP contribution in [0, 0.1) is 0 Å². The lowest BCUT2D eigenvalue weighted by Crippen LogP contribution is -2.38. The summed E-state index contributed by atoms with van der Waals surface area (Å²) in [5.41, 5.74) is -0.0870. The van der Waals surface area contributed by atoms with E-state index >= 15 is 0 Å². The third-order valence-electron chi connectivity index (χ3n) is 1.61. The van der Waals surface area contributed by atoms with E-state index in [1.165, 1.54) is 0 Å². The van der Waals surface area contributed by atoms with Gasteiger partial charge >= 0.3 is 0 Å². The Bertz CT molecular complexity index is 174. The zero-order valence-corrected chi connectivity index (χ0v) is 6.44. The molecule has 0 radical (unpaired) electrons. The van der Waals surface area contributed by atoms with Crippen LogP contribution >= 0.6 is 0 Å². The highest BCUT2D eigenvalue weighted by Crippen LogP contribution is 2.19. The van der Waals surface area contributed by atoms with E-state index < -0.39 is 12.9 Å². The second-order valence-corrected chi connectivity index (χ2v) is 3.45. The molecule has 54 valence electrons. The van der Waals surface area contributed by atoms with E-state index in [9.17, 15) is 0 Å². The van der Waals surface area contributed by atoms with Crippen LogP contribution in [0.5, 0.6) is 0 Å². The van der Waals surface area contributed by atoms with Crippen LogP contribution in [0.1, 0.15) is 37.7 Å². The van der Waals surface area contributed by atoms with Crippen LogP contribution in [0.2, 0.25) is 0 Å². The molecule has 1 fully saturated rings. The zero-order chi connectivity index (χ0) is 9.57. The van der Waals surface area contributed by atoms with Crippen molar-refractivity contribution in [2.45, 2.75) is 39.1 Å². The summed E-state index contributed by atoms with van der Waals surface area (Å²) in [7, 11) is 0. The van der Waals surface area contributed by atoms with Gasteiger partial charge in [0.25, 0.3) is 0 Å². The molecule has 1 aliphatic rings. The van der Waals surface area contributed by atoms with Crippen molar-refractivity contribution in [3.63, 3.8) is 0 Å². The van der Waals surface area contributed by atoms with Gasteiger partial charge in [-0.25, -0.2) is 0 Å². The first-order valence-corrected chi connectivity index (χ1v) is 3.44. The van der Waals surface area contributed by atoms with Gasteiger partial charge in [-0.15, -0.1) is 0 Å². The highest BCUT2D eigenvalue weighted by Gasteiger charge is 2.23. The minimum absolute atomic E-state index is 0.0870. The molecule has 1 aliphatic heterocycles. The molecule has 0 N–H and O–H groups in total. The van der Waals surface area contributed by atoms with Crippen molar-refractivity contribution in [3.05, 3.63) is 0 Å². The number of nitrogens with zero attached hydrogens (tertiary/aromatic N) is 1. The Hall–Kier alpha value is -0.0400. The predicted molar refractivity (Wildman–Crippen MR) is 40.6 cm³/mol. The normalized spacial score (nSPS) is 41.7. The molecule has 0 spiro atoms. The van der Waals surface area contributed by atoms with E-state index in [1.807, 2.05) is 25.7 Å². The first-order chi connectivity index (χ1) is 5.25. The summed E-state index contributed by atoms with van der Waals surface area (Å²) in [5.74, 6) is 0. The lowest BCUT2D eigenvalue weighted by molar-refractivity contribution is 0.175. The van der Waals surface area contributed by atoms with Crippen molar-refractivity contribution in [1.29, 1.82) is 0 Å². The van der Waals surface area contributed by atoms with E-state index in [0.29, 0.717) is 13.0 Å². The Kier molecular flexibility index (Phi) is 1.01. The van der Waals surface area contributed by atoms with E-state index in [1.54, 1.807) is 0 Å². The van der Waals surface area contributed by atoms with E-state index in [0.717, 1.165) is 0 Å². The largest absolute Gasteiger partial charge is 0.298 e. The molecular weight excluding hydrogens is 110 g/mol. The first-order valence-electron chi connectivity index (χ1n) is 5.02. The Morgan fingerprint density at radius 2 is 2.11 bits per heavy atom. The maximum atomic E-state index is 7.70. The van der Waals surface area contributed by atoms with Crippen molar-refractivity contribution in [2.24, 2.45) is 0 Å². The third-order valence-corrected chi connectivity index (χ3v) is 1.61. The Morgan fingerprint density at radius 1 is 1.44 bits per heavy atom. The van der Waals surface area contributed by atoms with Gasteiger partial charge in [-0.1, -0.05) is 0 Å². The van der Waals surface area contributed by atoms with Crippen LogP contribution in [0.25, 0.3) is 0 Å². The van der Waals surface area contributed by atoms with Crippen molar-refractivity contribution >= 4 is 0 Å². The second kappa shape index (κ2) is 2.30. The summed E-state index contributed by atoms with van der Waals surface area (Å²) in [6.07, 6.45) is -0.842. The Balaban J connectivity index is 2.74. The standard InChI is InChI=1S/C8H17N/c1-8(2,3)9-6-4-5-7-9/h4-7H2,1-3H3/i4D2,6D. The molecule has 9 heavy (non-hydrogen) atoms. The van der Waals surface area contributed by atoms with Crippen LogP contribution in [-0.2, 0) is 0 Å². The third kappa shape index (κ3) is 1.68. The van der Waals surface area contributed by atoms with E-state index in [4.69, 9.17) is 4.11 Å². The molecule has 1 rings (SSSR count). The van der Waals surface area contributed by atoms with Crippen LogP contribution in [0.3, 0.4) is 0 Å². The van der Waals surface area contributed by atoms with Gasteiger partial charge in [0.2, 0.25) is 0 Å². The topological polar surface area (TPSA) is 3.24 Å².